The Morgan fingerprint density at radius 1 is 1.25 bits per heavy atom. The lowest BCUT2D eigenvalue weighted by Gasteiger charge is -2.12. The van der Waals surface area contributed by atoms with Crippen LogP contribution in [0.4, 0.5) is 4.79 Å². The number of rotatable bonds is 5. The smallest absolute Gasteiger partial charge is 0.293 e. The third-order valence-corrected chi connectivity index (χ3v) is 3.64. The van der Waals surface area contributed by atoms with Crippen molar-refractivity contribution in [3.8, 4) is 0 Å². The maximum atomic E-state index is 12.0. The van der Waals surface area contributed by atoms with Crippen molar-refractivity contribution < 1.29 is 19.5 Å². The number of thioether (sulfide) groups is 1. The normalized spacial score (nSPS) is 17.0. The van der Waals surface area contributed by atoms with E-state index in [-0.39, 0.29) is 30.5 Å². The molecule has 0 N–H and O–H groups in total. The van der Waals surface area contributed by atoms with Crippen molar-refractivity contribution in [2.45, 2.75) is 12.8 Å². The average molecular weight is 290 g/mol. The largest absolute Gasteiger partial charge is 0.550 e. The van der Waals surface area contributed by atoms with Crippen molar-refractivity contribution in [3.63, 3.8) is 0 Å². The number of hydrogen-bond donors (Lipinski definition) is 0. The van der Waals surface area contributed by atoms with Gasteiger partial charge in [0.1, 0.15) is 0 Å². The molecule has 0 bridgehead atoms. The number of amides is 2. The van der Waals surface area contributed by atoms with Crippen LogP contribution in [0.3, 0.4) is 0 Å². The number of imide groups is 1. The SMILES string of the molecule is O=C([O-])CCCN1C(=O)S/C(=C\c2ccccc2)C1=O. The van der Waals surface area contributed by atoms with Gasteiger partial charge in [-0.3, -0.25) is 14.5 Å². The van der Waals surface area contributed by atoms with E-state index in [1.807, 2.05) is 30.3 Å². The zero-order valence-corrected chi connectivity index (χ0v) is 11.4. The third-order valence-electron chi connectivity index (χ3n) is 2.73. The summed E-state index contributed by atoms with van der Waals surface area (Å²) in [5, 5.41) is 9.96. The molecule has 0 saturated carbocycles. The number of hydrogen-bond acceptors (Lipinski definition) is 5. The first-order valence-corrected chi connectivity index (χ1v) is 6.90. The van der Waals surface area contributed by atoms with Gasteiger partial charge in [0, 0.05) is 12.5 Å². The fraction of sp³-hybridized carbons (Fsp3) is 0.214. The molecule has 1 saturated heterocycles. The highest BCUT2D eigenvalue weighted by Crippen LogP contribution is 2.32. The summed E-state index contributed by atoms with van der Waals surface area (Å²) < 4.78 is 0. The Hall–Kier alpha value is -2.08. The number of carboxylic acid groups (broad SMARTS) is 1. The van der Waals surface area contributed by atoms with Crippen LogP contribution in [0.15, 0.2) is 35.2 Å². The van der Waals surface area contributed by atoms with Gasteiger partial charge in [-0.15, -0.1) is 0 Å². The summed E-state index contributed by atoms with van der Waals surface area (Å²) in [4.78, 5) is 35.5. The van der Waals surface area contributed by atoms with Crippen molar-refractivity contribution in [1.82, 2.24) is 4.90 Å². The molecule has 0 spiro atoms. The first kappa shape index (κ1) is 14.3. The Labute approximate surface area is 120 Å². The summed E-state index contributed by atoms with van der Waals surface area (Å²) in [6.07, 6.45) is 1.70. The second-order valence-electron chi connectivity index (χ2n) is 4.22. The van der Waals surface area contributed by atoms with Crippen LogP contribution >= 0.6 is 11.8 Å². The van der Waals surface area contributed by atoms with E-state index in [2.05, 4.69) is 0 Å². The Balaban J connectivity index is 2.05. The van der Waals surface area contributed by atoms with Crippen LogP contribution in [0.1, 0.15) is 18.4 Å². The molecule has 1 aliphatic rings. The molecular weight excluding hydrogens is 278 g/mol. The molecule has 2 rings (SSSR count). The molecule has 0 aliphatic carbocycles. The van der Waals surface area contributed by atoms with Gasteiger partial charge in [0.25, 0.3) is 11.1 Å². The zero-order chi connectivity index (χ0) is 14.5. The number of carbonyl (C=O) groups excluding carboxylic acids is 3. The standard InChI is InChI=1S/C14H13NO4S/c16-12(17)7-4-8-15-13(18)11(20-14(15)19)9-10-5-2-1-3-6-10/h1-3,5-6,9H,4,7-8H2,(H,16,17)/p-1/b11-9-. The zero-order valence-electron chi connectivity index (χ0n) is 10.6. The molecule has 1 heterocycles. The molecule has 0 unspecified atom stereocenters. The van der Waals surface area contributed by atoms with Gasteiger partial charge in [0.15, 0.2) is 0 Å². The van der Waals surface area contributed by atoms with Crippen LogP contribution < -0.4 is 5.11 Å². The third kappa shape index (κ3) is 3.48. The van der Waals surface area contributed by atoms with E-state index in [1.165, 1.54) is 0 Å². The first-order chi connectivity index (χ1) is 9.58. The van der Waals surface area contributed by atoms with E-state index < -0.39 is 5.97 Å². The molecule has 5 nitrogen and oxygen atoms in total. The lowest BCUT2D eigenvalue weighted by molar-refractivity contribution is -0.305. The van der Waals surface area contributed by atoms with Gasteiger partial charge in [-0.1, -0.05) is 30.3 Å². The van der Waals surface area contributed by atoms with Gasteiger partial charge in [-0.2, -0.15) is 0 Å². The van der Waals surface area contributed by atoms with E-state index in [4.69, 9.17) is 0 Å². The summed E-state index contributed by atoms with van der Waals surface area (Å²) in [5.74, 6) is -1.56. The maximum Gasteiger partial charge on any atom is 0.293 e. The van der Waals surface area contributed by atoms with Crippen LogP contribution in [-0.4, -0.2) is 28.6 Å². The highest BCUT2D eigenvalue weighted by atomic mass is 32.2. The lowest BCUT2D eigenvalue weighted by atomic mass is 10.2. The molecule has 0 aromatic heterocycles. The summed E-state index contributed by atoms with van der Waals surface area (Å²) in [6, 6.07) is 9.23. The minimum atomic E-state index is -1.18. The highest BCUT2D eigenvalue weighted by Gasteiger charge is 2.34. The monoisotopic (exact) mass is 290 g/mol. The van der Waals surface area contributed by atoms with Crippen LogP contribution in [-0.2, 0) is 9.59 Å². The molecule has 1 fully saturated rings. The number of benzene rings is 1. The maximum absolute atomic E-state index is 12.0. The van der Waals surface area contributed by atoms with E-state index in [1.54, 1.807) is 6.08 Å². The van der Waals surface area contributed by atoms with Gasteiger partial charge in [-0.25, -0.2) is 0 Å². The summed E-state index contributed by atoms with van der Waals surface area (Å²) >= 11 is 0.871. The minimum absolute atomic E-state index is 0.102. The lowest BCUT2D eigenvalue weighted by Crippen LogP contribution is -2.30. The van der Waals surface area contributed by atoms with Crippen LogP contribution in [0, 0.1) is 0 Å². The van der Waals surface area contributed by atoms with Crippen LogP contribution in [0.5, 0.6) is 0 Å². The van der Waals surface area contributed by atoms with Crippen molar-refractivity contribution in [3.05, 3.63) is 40.8 Å². The summed E-state index contributed by atoms with van der Waals surface area (Å²) in [5.41, 5.74) is 0.840. The fourth-order valence-corrected chi connectivity index (χ4v) is 2.64. The Bertz CT molecular complexity index is 568. The van der Waals surface area contributed by atoms with Crippen LogP contribution in [0.2, 0.25) is 0 Å². The summed E-state index contributed by atoms with van der Waals surface area (Å²) in [7, 11) is 0. The highest BCUT2D eigenvalue weighted by molar-refractivity contribution is 8.18. The van der Waals surface area contributed by atoms with Gasteiger partial charge in [0.05, 0.1) is 4.91 Å². The van der Waals surface area contributed by atoms with Gasteiger partial charge in [-0.05, 0) is 36.2 Å². The van der Waals surface area contributed by atoms with E-state index in [0.29, 0.717) is 4.91 Å². The molecule has 20 heavy (non-hydrogen) atoms. The molecule has 1 aromatic carbocycles. The predicted molar refractivity (Wildman–Crippen MR) is 73.4 cm³/mol. The Morgan fingerprint density at radius 3 is 2.60 bits per heavy atom. The second kappa shape index (κ2) is 6.38. The van der Waals surface area contributed by atoms with Crippen molar-refractivity contribution in [2.75, 3.05) is 6.54 Å². The number of nitrogens with zero attached hydrogens (tertiary/aromatic N) is 1. The topological polar surface area (TPSA) is 77.5 Å². The molecule has 1 aliphatic heterocycles. The van der Waals surface area contributed by atoms with E-state index in [9.17, 15) is 19.5 Å². The van der Waals surface area contributed by atoms with Crippen molar-refractivity contribution in [2.24, 2.45) is 0 Å². The molecule has 104 valence electrons. The van der Waals surface area contributed by atoms with Gasteiger partial charge >= 0.3 is 0 Å². The minimum Gasteiger partial charge on any atom is -0.550 e. The first-order valence-electron chi connectivity index (χ1n) is 6.08. The number of aliphatic carboxylic acids is 1. The molecule has 0 atom stereocenters. The van der Waals surface area contributed by atoms with Crippen LogP contribution in [0.25, 0.3) is 6.08 Å². The quantitative estimate of drug-likeness (QED) is 0.763. The molecular formula is C14H12NO4S-. The molecule has 1 aromatic rings. The number of carbonyl (C=O) groups is 3. The van der Waals surface area contributed by atoms with E-state index >= 15 is 0 Å². The number of carboxylic acids is 1. The summed E-state index contributed by atoms with van der Waals surface area (Å²) in [6.45, 7) is 0.102. The Kier molecular flexibility index (Phi) is 4.57. The van der Waals surface area contributed by atoms with Crippen molar-refractivity contribution >= 4 is 35.0 Å². The van der Waals surface area contributed by atoms with Crippen molar-refractivity contribution in [1.29, 1.82) is 0 Å². The van der Waals surface area contributed by atoms with Gasteiger partial charge < -0.3 is 9.90 Å². The molecule has 0 radical (unpaired) electrons. The Morgan fingerprint density at radius 2 is 1.95 bits per heavy atom. The van der Waals surface area contributed by atoms with Gasteiger partial charge in [0.2, 0.25) is 0 Å². The van der Waals surface area contributed by atoms with E-state index in [0.717, 1.165) is 22.2 Å². The second-order valence-corrected chi connectivity index (χ2v) is 5.21. The molecule has 2 amide bonds. The molecule has 6 heteroatoms. The average Bonchev–Trinajstić information content (AvgIpc) is 2.67. The predicted octanol–water partition coefficient (Wildman–Crippen LogP) is 1.25. The fourth-order valence-electron chi connectivity index (χ4n) is 1.77.